The Morgan fingerprint density at radius 2 is 1.65 bits per heavy atom. The van der Waals surface area contributed by atoms with Crippen LogP contribution in [0.4, 0.5) is 15.7 Å². The lowest BCUT2D eigenvalue weighted by atomic mass is 9.39. The van der Waals surface area contributed by atoms with E-state index in [9.17, 15) is 33.9 Å². The minimum absolute atomic E-state index is 0.0414. The van der Waals surface area contributed by atoms with E-state index in [2.05, 4.69) is 40.2 Å². The van der Waals surface area contributed by atoms with Crippen LogP contribution in [0.3, 0.4) is 0 Å². The van der Waals surface area contributed by atoms with Crippen molar-refractivity contribution in [2.24, 2.45) is 16.2 Å². The normalized spacial score (nSPS) is 21.9. The molecule has 12 rings (SSSR count). The lowest BCUT2D eigenvalue weighted by molar-refractivity contribution is -0.248. The maximum absolute atomic E-state index is 13.8. The van der Waals surface area contributed by atoms with Gasteiger partial charge in [0.25, 0.3) is 17.7 Å². The summed E-state index contributed by atoms with van der Waals surface area (Å²) in [5, 5.41) is 22.0. The van der Waals surface area contributed by atoms with Gasteiger partial charge in [0.05, 0.1) is 41.8 Å². The molecule has 5 heterocycles. The van der Waals surface area contributed by atoms with Crippen molar-refractivity contribution in [2.75, 3.05) is 69.9 Å². The number of fused-ring (bicyclic) bond motifs is 2. The smallest absolute Gasteiger partial charge is 0.409 e. The first-order chi connectivity index (χ1) is 41.4. The van der Waals surface area contributed by atoms with Crippen molar-refractivity contribution in [3.8, 4) is 16.9 Å². The molecule has 4 fully saturated rings. The number of likely N-dealkylation sites (N-methyl/N-ethyl adjacent to an activating group) is 1. The second-order valence-electron chi connectivity index (χ2n) is 24.7. The summed E-state index contributed by atoms with van der Waals surface area (Å²) < 4.78 is 27.1. The molecular weight excluding hydrogens is 1110 g/mol. The van der Waals surface area contributed by atoms with Crippen LogP contribution in [-0.2, 0) is 54.7 Å². The fourth-order valence-corrected chi connectivity index (χ4v) is 15.7. The molecule has 2 atom stereocenters. The average molecular weight is 1190 g/mol. The number of aromatic carboxylic acids is 1. The van der Waals surface area contributed by atoms with Crippen LogP contribution in [0, 0.1) is 29.2 Å². The summed E-state index contributed by atoms with van der Waals surface area (Å²) in [4.78, 5) is 89.7. The molecule has 3 N–H and O–H groups in total. The molecule has 451 valence electrons. The van der Waals surface area contributed by atoms with E-state index >= 15 is 0 Å². The fraction of sp³-hybridized carbons (Fsp3) is 0.462. The Bertz CT molecular complexity index is 3510. The summed E-state index contributed by atoms with van der Waals surface area (Å²) in [5.74, 6) is -0.917. The Morgan fingerprint density at radius 1 is 0.849 bits per heavy atom. The van der Waals surface area contributed by atoms with E-state index in [1.807, 2.05) is 66.4 Å². The molecule has 2 unspecified atom stereocenters. The van der Waals surface area contributed by atoms with Gasteiger partial charge < -0.3 is 39.2 Å². The zero-order valence-corrected chi connectivity index (χ0v) is 50.1. The van der Waals surface area contributed by atoms with Crippen LogP contribution in [0.5, 0.6) is 5.75 Å². The van der Waals surface area contributed by atoms with Gasteiger partial charge in [0.15, 0.2) is 10.8 Å². The molecule has 5 amide bonds. The first-order valence-electron chi connectivity index (χ1n) is 29.7. The lowest BCUT2D eigenvalue weighted by Gasteiger charge is -2.69. The van der Waals surface area contributed by atoms with Gasteiger partial charge in [-0.1, -0.05) is 61.9 Å². The maximum atomic E-state index is 13.8. The number of rotatable bonds is 26. The largest absolute Gasteiger partial charge is 0.491 e. The number of thiazole rings is 1. The van der Waals surface area contributed by atoms with E-state index in [4.69, 9.17) is 29.0 Å². The summed E-state index contributed by atoms with van der Waals surface area (Å²) in [6.07, 6.45) is 12.8. The summed E-state index contributed by atoms with van der Waals surface area (Å²) in [5.41, 5.74) is 5.67. The molecule has 4 aliphatic carbocycles. The molecular formula is C65H74N9O11S. The van der Waals surface area contributed by atoms with Crippen molar-refractivity contribution in [3.05, 3.63) is 131 Å². The summed E-state index contributed by atoms with van der Waals surface area (Å²) >= 11 is 1.43. The molecule has 6 aromatic rings. The summed E-state index contributed by atoms with van der Waals surface area (Å²) in [7, 11) is 1.72. The van der Waals surface area contributed by atoms with Crippen molar-refractivity contribution in [3.63, 3.8) is 0 Å². The fourth-order valence-electron chi connectivity index (χ4n) is 14.8. The predicted molar refractivity (Wildman–Crippen MR) is 323 cm³/mol. The molecule has 86 heavy (non-hydrogen) atoms. The van der Waals surface area contributed by atoms with Crippen LogP contribution in [-0.4, -0.2) is 136 Å². The number of hydrogen-bond donors (Lipinski definition) is 3. The van der Waals surface area contributed by atoms with Gasteiger partial charge in [-0.15, -0.1) is 0 Å². The van der Waals surface area contributed by atoms with Crippen molar-refractivity contribution in [1.29, 1.82) is 0 Å². The quantitative estimate of drug-likeness (QED) is 0.0339. The second-order valence-corrected chi connectivity index (χ2v) is 25.8. The van der Waals surface area contributed by atoms with Gasteiger partial charge in [-0.25, -0.2) is 19.6 Å². The van der Waals surface area contributed by atoms with Gasteiger partial charge in [0.2, 0.25) is 5.91 Å². The Labute approximate surface area is 504 Å². The van der Waals surface area contributed by atoms with Crippen LogP contribution in [0.25, 0.3) is 21.3 Å². The highest BCUT2D eigenvalue weighted by atomic mass is 32.1. The van der Waals surface area contributed by atoms with Crippen molar-refractivity contribution < 1.29 is 52.8 Å². The van der Waals surface area contributed by atoms with Crippen molar-refractivity contribution in [1.82, 2.24) is 34.9 Å². The number of carboxylic acids is 1. The lowest BCUT2D eigenvalue weighted by Crippen LogP contribution is -2.64. The van der Waals surface area contributed by atoms with E-state index in [0.29, 0.717) is 125 Å². The molecule has 4 bridgehead atoms. The van der Waals surface area contributed by atoms with Gasteiger partial charge in [-0.2, -0.15) is 5.10 Å². The number of anilines is 2. The minimum Gasteiger partial charge on any atom is -0.491 e. The molecule has 2 aliphatic heterocycles. The Morgan fingerprint density at radius 3 is 2.42 bits per heavy atom. The van der Waals surface area contributed by atoms with E-state index in [-0.39, 0.29) is 57.8 Å². The number of hydrogen-bond acceptors (Lipinski definition) is 15. The maximum Gasteiger partial charge on any atom is 0.409 e. The second kappa shape index (κ2) is 25.1. The van der Waals surface area contributed by atoms with Crippen LogP contribution in [0.2, 0.25) is 0 Å². The molecule has 1 radical (unpaired) electrons. The van der Waals surface area contributed by atoms with Crippen LogP contribution < -0.4 is 20.3 Å². The number of carbonyl (C=O) groups is 6. The van der Waals surface area contributed by atoms with Gasteiger partial charge in [0.1, 0.15) is 24.8 Å². The minimum atomic E-state index is -1.13. The average Bonchev–Trinajstić information content (AvgIpc) is 0.792. The van der Waals surface area contributed by atoms with Crippen LogP contribution in [0.1, 0.15) is 121 Å². The number of pyridine rings is 1. The monoisotopic (exact) mass is 1190 g/mol. The molecule has 21 heteroatoms. The number of nitrogens with zero attached hydrogens (tertiary/aromatic N) is 7. The number of unbranched alkanes of at least 4 members (excludes halogenated alkanes) is 2. The standard InChI is InChI=1S/C65H74N9O11S/c1-43-49(47-20-21-53(69-57(47)59(79)80)72-27-24-45-11-10-12-48(50(45)34-72)58(78)70-60-68-51-13-7-8-14-52(51)86-60)33-67-74(43)42-64-37-62(2)36-63(3,38-64)40-65(39-62,41-64)85-30-28-71(4)61(81)84-35-44-16-18-46(19-17-44)83-32-31-82-29-25-66-54(75)15-6-5-9-26-73-55(76)22-23-56(73)77/h7-8,10-14,16,18-23,33H,5-6,9,15,24-32,34-42H2,1-4H3,(H,66,75)(H,79,80)(H,68,70,78). The molecule has 3 aromatic heterocycles. The summed E-state index contributed by atoms with van der Waals surface area (Å²) in [6.45, 7) is 10.9. The zero-order chi connectivity index (χ0) is 60.2. The van der Waals surface area contributed by atoms with E-state index in [0.717, 1.165) is 77.5 Å². The van der Waals surface area contributed by atoms with Gasteiger partial charge in [0, 0.05) is 87.3 Å². The Kier molecular flexibility index (Phi) is 17.5. The van der Waals surface area contributed by atoms with E-state index in [1.54, 1.807) is 36.3 Å². The third-order valence-electron chi connectivity index (χ3n) is 17.6. The van der Waals surface area contributed by atoms with Crippen LogP contribution in [0.15, 0.2) is 91.1 Å². The number of carbonyl (C=O) groups excluding carboxylic acids is 5. The van der Waals surface area contributed by atoms with Crippen molar-refractivity contribution >= 4 is 68.2 Å². The van der Waals surface area contributed by atoms with Crippen LogP contribution >= 0.6 is 11.3 Å². The molecule has 6 aliphatic rings. The Hall–Kier alpha value is -8.01. The molecule has 3 aromatic carbocycles. The molecule has 20 nitrogen and oxygen atoms in total. The number of carboxylic acid groups (broad SMARTS) is 1. The Balaban J connectivity index is 0.632. The molecule has 4 saturated carbocycles. The van der Waals surface area contributed by atoms with Gasteiger partial charge in [-0.05, 0) is 146 Å². The van der Waals surface area contributed by atoms with E-state index < -0.39 is 12.1 Å². The first kappa shape index (κ1) is 59.7. The number of imide groups is 1. The number of aromatic nitrogens is 4. The third-order valence-corrected chi connectivity index (χ3v) is 18.5. The van der Waals surface area contributed by atoms with Gasteiger partial charge in [-0.3, -0.25) is 34.1 Å². The predicted octanol–water partition coefficient (Wildman–Crippen LogP) is 9.58. The third kappa shape index (κ3) is 13.5. The first-order valence-corrected chi connectivity index (χ1v) is 30.5. The van der Waals surface area contributed by atoms with Crippen molar-refractivity contribution in [2.45, 2.75) is 117 Å². The number of para-hydroxylation sites is 1. The number of benzene rings is 3. The number of amides is 5. The van der Waals surface area contributed by atoms with Gasteiger partial charge >= 0.3 is 12.1 Å². The van der Waals surface area contributed by atoms with E-state index in [1.165, 1.54) is 28.4 Å². The highest BCUT2D eigenvalue weighted by molar-refractivity contribution is 7.22. The zero-order valence-electron chi connectivity index (χ0n) is 49.3. The highest BCUT2D eigenvalue weighted by Crippen LogP contribution is 2.72. The number of nitrogens with one attached hydrogen (secondary N) is 2. The molecule has 0 spiro atoms. The topological polar surface area (TPSA) is 237 Å². The highest BCUT2D eigenvalue weighted by Gasteiger charge is 2.66. The SMILES string of the molecule is Cc1c(-c2ccc(N3CCc4cccc(C(=O)Nc5nc6ccccc6s5)c4C3)nc2C(=O)O)cnn1CC12CC3(C)CC(C)(C1)CC(OCCN(C)C(=O)OCc1[c]cc(OCCOCCNC(=O)CCCCCN4C(=O)C=CC4=O)cc1)(C3)C2. The summed E-state index contributed by atoms with van der Waals surface area (Å²) in [6, 6.07) is 25.6. The number of ether oxygens (including phenoxy) is 4. The molecule has 0 saturated heterocycles.